The zero-order valence-electron chi connectivity index (χ0n) is 10.2. The van der Waals surface area contributed by atoms with Crippen molar-refractivity contribution in [2.45, 2.75) is 6.54 Å². The Labute approximate surface area is 114 Å². The Morgan fingerprint density at radius 3 is 2.68 bits per heavy atom. The van der Waals surface area contributed by atoms with Crippen molar-refractivity contribution in [3.8, 4) is 10.4 Å². The van der Waals surface area contributed by atoms with Gasteiger partial charge in [0.1, 0.15) is 0 Å². The SMILES string of the molecule is O=c1ccc(-c2cncs2)cn1Cc1ccccc1. The molecule has 0 spiro atoms. The lowest BCUT2D eigenvalue weighted by molar-refractivity contribution is 0.761. The minimum atomic E-state index is 0.0112. The number of pyridine rings is 1. The molecule has 0 aliphatic carbocycles. The number of benzene rings is 1. The third kappa shape index (κ3) is 2.63. The van der Waals surface area contributed by atoms with Gasteiger partial charge in [0, 0.05) is 24.0 Å². The molecular weight excluding hydrogens is 256 g/mol. The van der Waals surface area contributed by atoms with E-state index in [0.29, 0.717) is 6.54 Å². The highest BCUT2D eigenvalue weighted by Gasteiger charge is 2.03. The molecule has 0 saturated carbocycles. The summed E-state index contributed by atoms with van der Waals surface area (Å²) in [7, 11) is 0. The van der Waals surface area contributed by atoms with Crippen molar-refractivity contribution in [3.05, 3.63) is 76.3 Å². The summed E-state index contributed by atoms with van der Waals surface area (Å²) in [6.45, 7) is 0.590. The van der Waals surface area contributed by atoms with E-state index in [-0.39, 0.29) is 5.56 Å². The van der Waals surface area contributed by atoms with Gasteiger partial charge >= 0.3 is 0 Å². The molecular formula is C15H12N2OS. The molecule has 0 aliphatic heterocycles. The molecule has 94 valence electrons. The van der Waals surface area contributed by atoms with Crippen molar-refractivity contribution < 1.29 is 0 Å². The van der Waals surface area contributed by atoms with Crippen molar-refractivity contribution in [1.82, 2.24) is 9.55 Å². The molecule has 0 fully saturated rings. The lowest BCUT2D eigenvalue weighted by Crippen LogP contribution is -2.18. The van der Waals surface area contributed by atoms with Gasteiger partial charge in [-0.2, -0.15) is 0 Å². The van der Waals surface area contributed by atoms with Crippen molar-refractivity contribution in [3.63, 3.8) is 0 Å². The first-order valence-corrected chi connectivity index (χ1v) is 6.84. The molecule has 0 amide bonds. The highest BCUT2D eigenvalue weighted by Crippen LogP contribution is 2.21. The molecule has 2 heterocycles. The maximum atomic E-state index is 11.9. The Hall–Kier alpha value is -2.20. The second kappa shape index (κ2) is 5.20. The highest BCUT2D eigenvalue weighted by molar-refractivity contribution is 7.13. The Morgan fingerprint density at radius 1 is 1.11 bits per heavy atom. The Morgan fingerprint density at radius 2 is 1.95 bits per heavy atom. The fourth-order valence-corrected chi connectivity index (χ4v) is 2.55. The zero-order valence-corrected chi connectivity index (χ0v) is 11.0. The van der Waals surface area contributed by atoms with Gasteiger partial charge < -0.3 is 4.57 Å². The summed E-state index contributed by atoms with van der Waals surface area (Å²) in [5, 5.41) is 0. The first kappa shape index (κ1) is 11.9. The maximum Gasteiger partial charge on any atom is 0.250 e. The average molecular weight is 268 g/mol. The molecule has 4 heteroatoms. The van der Waals surface area contributed by atoms with Gasteiger partial charge in [0.25, 0.3) is 5.56 Å². The van der Waals surface area contributed by atoms with Crippen LogP contribution in [-0.2, 0) is 6.54 Å². The first-order valence-electron chi connectivity index (χ1n) is 5.96. The van der Waals surface area contributed by atoms with Gasteiger partial charge in [0.05, 0.1) is 16.9 Å². The predicted octanol–water partition coefficient (Wildman–Crippen LogP) is 3.02. The van der Waals surface area contributed by atoms with Crippen LogP contribution in [0.15, 0.2) is 65.2 Å². The normalized spacial score (nSPS) is 10.5. The van der Waals surface area contributed by atoms with E-state index in [1.54, 1.807) is 27.5 Å². The van der Waals surface area contributed by atoms with Crippen molar-refractivity contribution >= 4 is 11.3 Å². The largest absolute Gasteiger partial charge is 0.310 e. The molecule has 0 unspecified atom stereocenters. The van der Waals surface area contributed by atoms with Crippen LogP contribution in [0, 0.1) is 0 Å². The van der Waals surface area contributed by atoms with E-state index in [1.165, 1.54) is 0 Å². The van der Waals surface area contributed by atoms with Gasteiger partial charge in [-0.25, -0.2) is 0 Å². The summed E-state index contributed by atoms with van der Waals surface area (Å²) in [4.78, 5) is 17.0. The molecule has 19 heavy (non-hydrogen) atoms. The van der Waals surface area contributed by atoms with E-state index in [0.717, 1.165) is 16.0 Å². The molecule has 3 rings (SSSR count). The third-order valence-electron chi connectivity index (χ3n) is 2.90. The lowest BCUT2D eigenvalue weighted by atomic mass is 10.2. The van der Waals surface area contributed by atoms with E-state index in [1.807, 2.05) is 48.8 Å². The summed E-state index contributed by atoms with van der Waals surface area (Å²) < 4.78 is 1.73. The number of aromatic nitrogens is 2. The van der Waals surface area contributed by atoms with Crippen LogP contribution in [0.5, 0.6) is 0 Å². The molecule has 3 nitrogen and oxygen atoms in total. The molecule has 0 radical (unpaired) electrons. The number of hydrogen-bond donors (Lipinski definition) is 0. The van der Waals surface area contributed by atoms with Crippen molar-refractivity contribution in [2.24, 2.45) is 0 Å². The predicted molar refractivity (Wildman–Crippen MR) is 77.4 cm³/mol. The van der Waals surface area contributed by atoms with E-state index < -0.39 is 0 Å². The van der Waals surface area contributed by atoms with Crippen LogP contribution in [0.1, 0.15) is 5.56 Å². The van der Waals surface area contributed by atoms with Crippen molar-refractivity contribution in [1.29, 1.82) is 0 Å². The van der Waals surface area contributed by atoms with Crippen LogP contribution >= 0.6 is 11.3 Å². The second-order valence-electron chi connectivity index (χ2n) is 4.24. The third-order valence-corrected chi connectivity index (χ3v) is 3.72. The number of thiazole rings is 1. The lowest BCUT2D eigenvalue weighted by Gasteiger charge is -2.07. The minimum absolute atomic E-state index is 0.0112. The second-order valence-corrected chi connectivity index (χ2v) is 5.12. The number of hydrogen-bond acceptors (Lipinski definition) is 3. The molecule has 0 atom stereocenters. The highest BCUT2D eigenvalue weighted by atomic mass is 32.1. The fraction of sp³-hybridized carbons (Fsp3) is 0.0667. The fourth-order valence-electron chi connectivity index (χ4n) is 1.94. The van der Waals surface area contributed by atoms with Crippen LogP contribution in [0.4, 0.5) is 0 Å². The van der Waals surface area contributed by atoms with Crippen LogP contribution in [0.3, 0.4) is 0 Å². The summed E-state index contributed by atoms with van der Waals surface area (Å²) in [6, 6.07) is 13.4. The van der Waals surface area contributed by atoms with Gasteiger partial charge in [0.2, 0.25) is 0 Å². The van der Waals surface area contributed by atoms with Gasteiger partial charge in [-0.3, -0.25) is 9.78 Å². The minimum Gasteiger partial charge on any atom is -0.310 e. The quantitative estimate of drug-likeness (QED) is 0.732. The molecule has 0 saturated heterocycles. The average Bonchev–Trinajstić information content (AvgIpc) is 2.96. The molecule has 2 aromatic heterocycles. The van der Waals surface area contributed by atoms with Crippen LogP contribution in [-0.4, -0.2) is 9.55 Å². The Kier molecular flexibility index (Phi) is 3.25. The van der Waals surface area contributed by atoms with Gasteiger partial charge in [-0.15, -0.1) is 11.3 Å². The van der Waals surface area contributed by atoms with Crippen LogP contribution in [0.2, 0.25) is 0 Å². The van der Waals surface area contributed by atoms with Crippen LogP contribution < -0.4 is 5.56 Å². The van der Waals surface area contributed by atoms with E-state index in [2.05, 4.69) is 4.98 Å². The van der Waals surface area contributed by atoms with E-state index >= 15 is 0 Å². The maximum absolute atomic E-state index is 11.9. The molecule has 1 aromatic carbocycles. The van der Waals surface area contributed by atoms with Crippen molar-refractivity contribution in [2.75, 3.05) is 0 Å². The molecule has 0 aliphatic rings. The smallest absolute Gasteiger partial charge is 0.250 e. The van der Waals surface area contributed by atoms with Gasteiger partial charge in [-0.1, -0.05) is 30.3 Å². The Balaban J connectivity index is 1.97. The summed E-state index contributed by atoms with van der Waals surface area (Å²) in [6.07, 6.45) is 3.71. The topological polar surface area (TPSA) is 34.9 Å². The van der Waals surface area contributed by atoms with Gasteiger partial charge in [-0.05, 0) is 11.6 Å². The van der Waals surface area contributed by atoms with Gasteiger partial charge in [0.15, 0.2) is 0 Å². The summed E-state index contributed by atoms with van der Waals surface area (Å²) >= 11 is 1.57. The molecule has 0 N–H and O–H groups in total. The number of nitrogens with zero attached hydrogens (tertiary/aromatic N) is 2. The molecule has 3 aromatic rings. The van der Waals surface area contributed by atoms with Crippen LogP contribution in [0.25, 0.3) is 10.4 Å². The zero-order chi connectivity index (χ0) is 13.1. The standard InChI is InChI=1S/C15H12N2OS/c18-15-7-6-13(14-8-16-11-19-14)10-17(15)9-12-4-2-1-3-5-12/h1-8,10-11H,9H2. The number of rotatable bonds is 3. The summed E-state index contributed by atoms with van der Waals surface area (Å²) in [5.41, 5.74) is 3.95. The summed E-state index contributed by atoms with van der Waals surface area (Å²) in [5.74, 6) is 0. The molecule has 0 bridgehead atoms. The first-order chi connectivity index (χ1) is 9.33. The Bertz CT molecular complexity index is 717. The van der Waals surface area contributed by atoms with E-state index in [9.17, 15) is 4.79 Å². The van der Waals surface area contributed by atoms with E-state index in [4.69, 9.17) is 0 Å². The monoisotopic (exact) mass is 268 g/mol.